The molecule has 2 unspecified atom stereocenters. The van der Waals surface area contributed by atoms with Crippen LogP contribution in [-0.2, 0) is 32.2 Å². The van der Waals surface area contributed by atoms with E-state index in [0.717, 1.165) is 11.1 Å². The quantitative estimate of drug-likeness (QED) is 0.173. The Labute approximate surface area is 267 Å². The average Bonchev–Trinajstić information content (AvgIpc) is 3.75. The Morgan fingerprint density at radius 3 is 2.64 bits per heavy atom. The molecular formula is C34H39N5O5S. The van der Waals surface area contributed by atoms with Crippen LogP contribution in [0.4, 0.5) is 0 Å². The number of likely N-dealkylation sites (tertiary alicyclic amines) is 1. The van der Waals surface area contributed by atoms with Crippen LogP contribution in [-0.4, -0.2) is 89.0 Å². The van der Waals surface area contributed by atoms with Gasteiger partial charge in [-0.25, -0.2) is 4.68 Å². The summed E-state index contributed by atoms with van der Waals surface area (Å²) in [6.45, 7) is 9.79. The number of aromatic nitrogens is 3. The molecule has 45 heavy (non-hydrogen) atoms. The lowest BCUT2D eigenvalue weighted by Gasteiger charge is -2.39. The van der Waals surface area contributed by atoms with Gasteiger partial charge in [0.1, 0.15) is 18.2 Å². The van der Waals surface area contributed by atoms with E-state index < -0.39 is 39.4 Å². The molecule has 3 aliphatic rings. The number of carbonyl (C=O) groups excluding carboxylic acids is 3. The minimum absolute atomic E-state index is 0.0993. The second-order valence-electron chi connectivity index (χ2n) is 12.3. The van der Waals surface area contributed by atoms with E-state index in [4.69, 9.17) is 4.74 Å². The largest absolute Gasteiger partial charge is 0.465 e. The number of hydrogen-bond acceptors (Lipinski definition) is 8. The molecule has 6 rings (SSSR count). The lowest BCUT2D eigenvalue weighted by Crippen LogP contribution is -2.58. The minimum Gasteiger partial charge on any atom is -0.465 e. The van der Waals surface area contributed by atoms with Crippen molar-refractivity contribution < 1.29 is 24.2 Å². The van der Waals surface area contributed by atoms with Crippen LogP contribution in [0.5, 0.6) is 0 Å². The van der Waals surface area contributed by atoms with E-state index in [2.05, 4.69) is 23.5 Å². The number of nitrogens with zero attached hydrogens (tertiary/aromatic N) is 5. The maximum atomic E-state index is 14.9. The molecule has 236 valence electrons. The van der Waals surface area contributed by atoms with Gasteiger partial charge < -0.3 is 19.6 Å². The summed E-state index contributed by atoms with van der Waals surface area (Å²) in [6, 6.07) is 15.6. The lowest BCUT2D eigenvalue weighted by molar-refractivity contribution is -0.156. The normalized spacial score (nSPS) is 27.4. The SMILES string of the molecule is C=CCCOC(=O)[C@H]1[C@H]2C(=O)N([C@@H](CO)Cc3ccccc3)C(C(=O)N(CC=C)Cn3nnc4ccccc43)C23CC[C@]1(C)S3. The maximum absolute atomic E-state index is 14.9. The summed E-state index contributed by atoms with van der Waals surface area (Å²) in [4.78, 5) is 46.5. The number of carbonyl (C=O) groups is 3. The number of hydrogen-bond donors (Lipinski definition) is 1. The van der Waals surface area contributed by atoms with Crippen molar-refractivity contribution in [2.24, 2.45) is 11.8 Å². The zero-order chi connectivity index (χ0) is 31.8. The predicted octanol–water partition coefficient (Wildman–Crippen LogP) is 3.61. The summed E-state index contributed by atoms with van der Waals surface area (Å²) < 4.78 is 5.92. The first-order valence-electron chi connectivity index (χ1n) is 15.4. The summed E-state index contributed by atoms with van der Waals surface area (Å²) in [5, 5.41) is 19.3. The Morgan fingerprint density at radius 2 is 1.91 bits per heavy atom. The number of thioether (sulfide) groups is 1. The molecular weight excluding hydrogens is 590 g/mol. The molecule has 6 atom stereocenters. The molecule has 3 aromatic rings. The summed E-state index contributed by atoms with van der Waals surface area (Å²) in [5.41, 5.74) is 2.42. The molecule has 3 aliphatic heterocycles. The van der Waals surface area contributed by atoms with Crippen molar-refractivity contribution >= 4 is 40.6 Å². The van der Waals surface area contributed by atoms with Gasteiger partial charge in [0.05, 0.1) is 41.4 Å². The van der Waals surface area contributed by atoms with Crippen LogP contribution in [0.1, 0.15) is 31.7 Å². The number of aliphatic hydroxyl groups excluding tert-OH is 1. The van der Waals surface area contributed by atoms with Crippen LogP contribution in [0.15, 0.2) is 79.9 Å². The van der Waals surface area contributed by atoms with Crippen molar-refractivity contribution in [3.8, 4) is 0 Å². The van der Waals surface area contributed by atoms with E-state index in [9.17, 15) is 19.5 Å². The monoisotopic (exact) mass is 629 g/mol. The lowest BCUT2D eigenvalue weighted by atomic mass is 9.66. The van der Waals surface area contributed by atoms with Gasteiger partial charge in [-0.15, -0.1) is 30.0 Å². The van der Waals surface area contributed by atoms with E-state index in [1.54, 1.807) is 38.4 Å². The first-order chi connectivity index (χ1) is 21.8. The number of aliphatic hydroxyl groups is 1. The molecule has 1 N–H and O–H groups in total. The van der Waals surface area contributed by atoms with Crippen LogP contribution in [0, 0.1) is 11.8 Å². The summed E-state index contributed by atoms with van der Waals surface area (Å²) in [6.07, 6.45) is 5.47. The topological polar surface area (TPSA) is 118 Å². The fourth-order valence-corrected chi connectivity index (χ4v) is 9.92. The molecule has 0 radical (unpaired) electrons. The average molecular weight is 630 g/mol. The molecule has 0 aliphatic carbocycles. The first kappa shape index (κ1) is 31.0. The van der Waals surface area contributed by atoms with Crippen LogP contribution in [0.25, 0.3) is 11.0 Å². The number of esters is 1. The molecule has 4 heterocycles. The van der Waals surface area contributed by atoms with Crippen molar-refractivity contribution in [3.63, 3.8) is 0 Å². The number of rotatable bonds is 13. The molecule has 2 aromatic carbocycles. The molecule has 0 saturated carbocycles. The van der Waals surface area contributed by atoms with Gasteiger partial charge in [0.25, 0.3) is 0 Å². The Balaban J connectivity index is 1.41. The van der Waals surface area contributed by atoms with Crippen LogP contribution in [0.3, 0.4) is 0 Å². The molecule has 3 fully saturated rings. The van der Waals surface area contributed by atoms with E-state index >= 15 is 0 Å². The zero-order valence-electron chi connectivity index (χ0n) is 25.5. The van der Waals surface area contributed by atoms with Gasteiger partial charge in [0.15, 0.2) is 0 Å². The summed E-state index contributed by atoms with van der Waals surface area (Å²) in [7, 11) is 0. The Kier molecular flexibility index (Phi) is 8.58. The van der Waals surface area contributed by atoms with Gasteiger partial charge in [-0.3, -0.25) is 14.4 Å². The Hall–Kier alpha value is -3.96. The maximum Gasteiger partial charge on any atom is 0.311 e. The fraction of sp³-hybridized carbons (Fsp3) is 0.441. The van der Waals surface area contributed by atoms with Crippen LogP contribution in [0.2, 0.25) is 0 Å². The van der Waals surface area contributed by atoms with Gasteiger partial charge in [-0.2, -0.15) is 0 Å². The second-order valence-corrected chi connectivity index (χ2v) is 14.2. The fourth-order valence-electron chi connectivity index (χ4n) is 7.59. The van der Waals surface area contributed by atoms with Gasteiger partial charge in [0, 0.05) is 11.3 Å². The van der Waals surface area contributed by atoms with Gasteiger partial charge in [-0.1, -0.05) is 59.8 Å². The third-order valence-corrected chi connectivity index (χ3v) is 11.6. The van der Waals surface area contributed by atoms with Gasteiger partial charge >= 0.3 is 5.97 Å². The number of fused-ring (bicyclic) bond motifs is 2. The van der Waals surface area contributed by atoms with Crippen LogP contribution < -0.4 is 0 Å². The Morgan fingerprint density at radius 1 is 1.16 bits per heavy atom. The smallest absolute Gasteiger partial charge is 0.311 e. The number of benzene rings is 2. The van der Waals surface area contributed by atoms with Gasteiger partial charge in [0.2, 0.25) is 11.8 Å². The summed E-state index contributed by atoms with van der Waals surface area (Å²) in [5.74, 6) is -2.43. The highest BCUT2D eigenvalue weighted by Crippen LogP contribution is 2.71. The van der Waals surface area contributed by atoms with Crippen molar-refractivity contribution in [2.45, 2.75) is 60.9 Å². The molecule has 1 spiro atoms. The molecule has 10 nitrogen and oxygen atoms in total. The van der Waals surface area contributed by atoms with E-state index in [1.165, 1.54) is 0 Å². The molecule has 1 aromatic heterocycles. The molecule has 2 amide bonds. The third-order valence-electron chi connectivity index (χ3n) is 9.57. The van der Waals surface area contributed by atoms with Crippen molar-refractivity contribution in [1.82, 2.24) is 24.8 Å². The third kappa shape index (κ3) is 5.25. The summed E-state index contributed by atoms with van der Waals surface area (Å²) >= 11 is 1.58. The van der Waals surface area contributed by atoms with E-state index in [1.807, 2.05) is 61.5 Å². The van der Waals surface area contributed by atoms with Crippen molar-refractivity contribution in [2.75, 3.05) is 19.8 Å². The highest BCUT2D eigenvalue weighted by atomic mass is 32.2. The second kappa shape index (κ2) is 12.4. The number of ether oxygens (including phenoxy) is 1. The molecule has 3 saturated heterocycles. The number of amides is 2. The Bertz CT molecular complexity index is 1610. The zero-order valence-corrected chi connectivity index (χ0v) is 26.3. The predicted molar refractivity (Wildman–Crippen MR) is 172 cm³/mol. The van der Waals surface area contributed by atoms with Crippen molar-refractivity contribution in [1.29, 1.82) is 0 Å². The van der Waals surface area contributed by atoms with Crippen molar-refractivity contribution in [3.05, 3.63) is 85.5 Å². The highest BCUT2D eigenvalue weighted by molar-refractivity contribution is 8.02. The standard InChI is InChI=1S/C34H39N5O5S/c1-4-6-19-44-32(43)28-27-30(41)39(24(21-40)20-23-12-8-7-9-13-23)29(34(27)17-16-33(28,3)45-34)31(42)37(18-5-2)22-38-26-15-11-10-14-25(26)35-36-38/h4-5,7-15,24,27-29,40H,1-2,6,16-22H2,3H3/t24-,27+,28-,29?,33+,34?/m1/s1. The first-order valence-corrected chi connectivity index (χ1v) is 16.2. The number of para-hydroxylation sites is 1. The molecule has 2 bridgehead atoms. The van der Waals surface area contributed by atoms with Gasteiger partial charge in [-0.05, 0) is 50.3 Å². The molecule has 11 heteroatoms. The van der Waals surface area contributed by atoms with Crippen LogP contribution >= 0.6 is 11.8 Å². The minimum atomic E-state index is -0.914. The van der Waals surface area contributed by atoms with E-state index in [-0.39, 0.29) is 38.2 Å². The highest BCUT2D eigenvalue weighted by Gasteiger charge is 2.78. The van der Waals surface area contributed by atoms with E-state index in [0.29, 0.717) is 31.2 Å².